The van der Waals surface area contributed by atoms with Crippen molar-refractivity contribution < 1.29 is 4.92 Å². The number of hydrogen-bond acceptors (Lipinski definition) is 5. The van der Waals surface area contributed by atoms with Crippen LogP contribution in [-0.4, -0.2) is 32.3 Å². The van der Waals surface area contributed by atoms with Gasteiger partial charge in [-0.2, -0.15) is 16.9 Å². The molecule has 0 saturated heterocycles. The number of nitro groups is 1. The summed E-state index contributed by atoms with van der Waals surface area (Å²) in [6.07, 6.45) is 6.96. The molecule has 1 saturated carbocycles. The van der Waals surface area contributed by atoms with E-state index in [4.69, 9.17) is 0 Å². The predicted octanol–water partition coefficient (Wildman–Crippen LogP) is 3.54. The monoisotopic (exact) mass is 312 g/mol. The van der Waals surface area contributed by atoms with Crippen LogP contribution in [0.1, 0.15) is 51.1 Å². The third-order valence-electron chi connectivity index (χ3n) is 4.30. The van der Waals surface area contributed by atoms with E-state index in [9.17, 15) is 10.1 Å². The molecule has 0 atom stereocenters. The van der Waals surface area contributed by atoms with Crippen LogP contribution in [0.4, 0.5) is 11.5 Å². The van der Waals surface area contributed by atoms with E-state index in [1.807, 2.05) is 25.6 Å². The Labute approximate surface area is 129 Å². The summed E-state index contributed by atoms with van der Waals surface area (Å²) in [5, 5.41) is 19.1. The van der Waals surface area contributed by atoms with Crippen molar-refractivity contribution in [1.82, 2.24) is 9.78 Å². The highest BCUT2D eigenvalue weighted by Gasteiger charge is 2.35. The SMILES string of the molecule is CSC1(CNc2c([N+](=O)[O-])c(C(C)C)nn2C)CCCC1. The Kier molecular flexibility index (Phi) is 4.81. The molecular weight excluding hydrogens is 288 g/mol. The van der Waals surface area contributed by atoms with E-state index in [1.165, 1.54) is 25.7 Å². The van der Waals surface area contributed by atoms with E-state index in [1.54, 1.807) is 11.7 Å². The van der Waals surface area contributed by atoms with Gasteiger partial charge in [-0.1, -0.05) is 26.7 Å². The van der Waals surface area contributed by atoms with Gasteiger partial charge >= 0.3 is 5.69 Å². The highest BCUT2D eigenvalue weighted by molar-refractivity contribution is 8.00. The van der Waals surface area contributed by atoms with Crippen LogP contribution in [0, 0.1) is 10.1 Å². The van der Waals surface area contributed by atoms with Gasteiger partial charge in [0.2, 0.25) is 5.82 Å². The summed E-state index contributed by atoms with van der Waals surface area (Å²) in [4.78, 5) is 11.1. The Morgan fingerprint density at radius 3 is 2.57 bits per heavy atom. The number of rotatable bonds is 6. The summed E-state index contributed by atoms with van der Waals surface area (Å²) in [7, 11) is 1.77. The third-order valence-corrected chi connectivity index (χ3v) is 5.72. The fourth-order valence-electron chi connectivity index (χ4n) is 3.02. The quantitative estimate of drug-likeness (QED) is 0.642. The van der Waals surface area contributed by atoms with Crippen LogP contribution in [0.3, 0.4) is 0 Å². The minimum absolute atomic E-state index is 0.0353. The van der Waals surface area contributed by atoms with Crippen molar-refractivity contribution in [1.29, 1.82) is 0 Å². The average Bonchev–Trinajstić information content (AvgIpc) is 3.01. The molecule has 6 nitrogen and oxygen atoms in total. The van der Waals surface area contributed by atoms with Gasteiger partial charge in [0.05, 0.1) is 4.92 Å². The highest BCUT2D eigenvalue weighted by atomic mass is 32.2. The first kappa shape index (κ1) is 16.1. The zero-order valence-corrected chi connectivity index (χ0v) is 14.0. The second-order valence-electron chi connectivity index (χ2n) is 6.07. The Morgan fingerprint density at radius 2 is 2.10 bits per heavy atom. The van der Waals surface area contributed by atoms with Crippen LogP contribution in [0.2, 0.25) is 0 Å². The van der Waals surface area contributed by atoms with Crippen molar-refractivity contribution in [2.24, 2.45) is 7.05 Å². The molecule has 0 unspecified atom stereocenters. The van der Waals surface area contributed by atoms with Gasteiger partial charge in [0.1, 0.15) is 5.69 Å². The van der Waals surface area contributed by atoms with Gasteiger partial charge < -0.3 is 5.32 Å². The number of nitrogens with one attached hydrogen (secondary N) is 1. The van der Waals surface area contributed by atoms with Crippen LogP contribution >= 0.6 is 11.8 Å². The molecule has 1 aliphatic carbocycles. The average molecular weight is 312 g/mol. The molecule has 0 radical (unpaired) electrons. The fraction of sp³-hybridized carbons (Fsp3) is 0.786. The van der Waals surface area contributed by atoms with E-state index in [-0.39, 0.29) is 21.3 Å². The summed E-state index contributed by atoms with van der Waals surface area (Å²) >= 11 is 1.87. The largest absolute Gasteiger partial charge is 0.363 e. The van der Waals surface area contributed by atoms with Gasteiger partial charge in [0.25, 0.3) is 0 Å². The third kappa shape index (κ3) is 3.17. The summed E-state index contributed by atoms with van der Waals surface area (Å²) in [6.45, 7) is 4.62. The second-order valence-corrected chi connectivity index (χ2v) is 7.34. The molecule has 1 heterocycles. The maximum atomic E-state index is 11.4. The molecule has 7 heteroatoms. The predicted molar refractivity (Wildman–Crippen MR) is 87.2 cm³/mol. The standard InChI is InChI=1S/C14H24N4O2S/c1-10(2)11-12(18(19)20)13(17(3)16-11)15-9-14(21-4)7-5-6-8-14/h10,15H,5-9H2,1-4H3. The number of anilines is 1. The smallest absolute Gasteiger partial charge is 0.334 e. The molecule has 1 aromatic rings. The summed E-state index contributed by atoms with van der Waals surface area (Å²) in [5.41, 5.74) is 0.677. The lowest BCUT2D eigenvalue weighted by atomic mass is 10.1. The lowest BCUT2D eigenvalue weighted by molar-refractivity contribution is -0.384. The molecule has 0 spiro atoms. The van der Waals surface area contributed by atoms with Gasteiger partial charge in [-0.25, -0.2) is 4.68 Å². The normalized spacial score (nSPS) is 17.4. The number of hydrogen-bond donors (Lipinski definition) is 1. The summed E-state index contributed by atoms with van der Waals surface area (Å²) in [6, 6.07) is 0. The van der Waals surface area contributed by atoms with Gasteiger partial charge in [-0.15, -0.1) is 0 Å². The van der Waals surface area contributed by atoms with Gasteiger partial charge in [-0.05, 0) is 19.1 Å². The first-order valence-corrected chi connectivity index (χ1v) is 8.63. The molecule has 21 heavy (non-hydrogen) atoms. The lowest BCUT2D eigenvalue weighted by Crippen LogP contribution is -2.30. The van der Waals surface area contributed by atoms with Crippen molar-refractivity contribution in [3.05, 3.63) is 15.8 Å². The van der Waals surface area contributed by atoms with Crippen molar-refractivity contribution in [3.63, 3.8) is 0 Å². The fourth-order valence-corrected chi connectivity index (χ4v) is 3.93. The van der Waals surface area contributed by atoms with E-state index < -0.39 is 0 Å². The topological polar surface area (TPSA) is 73.0 Å². The maximum Gasteiger partial charge on any atom is 0.334 e. The molecule has 1 aliphatic rings. The molecule has 0 aromatic carbocycles. The molecule has 2 rings (SSSR count). The van der Waals surface area contributed by atoms with Crippen molar-refractivity contribution in [3.8, 4) is 0 Å². The minimum atomic E-state index is -0.314. The second kappa shape index (κ2) is 6.25. The van der Waals surface area contributed by atoms with E-state index in [2.05, 4.69) is 16.7 Å². The van der Waals surface area contributed by atoms with Gasteiger partial charge in [0.15, 0.2) is 0 Å². The first-order valence-electron chi connectivity index (χ1n) is 7.40. The lowest BCUT2D eigenvalue weighted by Gasteiger charge is -2.27. The first-order chi connectivity index (χ1) is 9.90. The molecule has 0 amide bonds. The van der Waals surface area contributed by atoms with Crippen molar-refractivity contribution >= 4 is 23.3 Å². The Bertz CT molecular complexity index is 521. The Morgan fingerprint density at radius 1 is 1.48 bits per heavy atom. The van der Waals surface area contributed by atoms with Crippen LogP contribution in [0.25, 0.3) is 0 Å². The highest BCUT2D eigenvalue weighted by Crippen LogP contribution is 2.41. The van der Waals surface area contributed by atoms with E-state index in [0.717, 1.165) is 6.54 Å². The molecule has 1 aromatic heterocycles. The van der Waals surface area contributed by atoms with Crippen molar-refractivity contribution in [2.45, 2.75) is 50.2 Å². The number of aromatic nitrogens is 2. The summed E-state index contributed by atoms with van der Waals surface area (Å²) in [5.74, 6) is 0.567. The summed E-state index contributed by atoms with van der Waals surface area (Å²) < 4.78 is 1.81. The van der Waals surface area contributed by atoms with Crippen LogP contribution in [0.5, 0.6) is 0 Å². The van der Waals surface area contributed by atoms with E-state index >= 15 is 0 Å². The Hall–Kier alpha value is -1.24. The minimum Gasteiger partial charge on any atom is -0.363 e. The van der Waals surface area contributed by atoms with Gasteiger partial charge in [0, 0.05) is 24.3 Å². The number of nitrogens with zero attached hydrogens (tertiary/aromatic N) is 3. The molecule has 118 valence electrons. The number of thioether (sulfide) groups is 1. The van der Waals surface area contributed by atoms with Crippen LogP contribution in [-0.2, 0) is 7.05 Å². The van der Waals surface area contributed by atoms with Crippen molar-refractivity contribution in [2.75, 3.05) is 18.1 Å². The zero-order valence-electron chi connectivity index (χ0n) is 13.2. The molecule has 0 aliphatic heterocycles. The van der Waals surface area contributed by atoms with E-state index in [0.29, 0.717) is 11.5 Å². The van der Waals surface area contributed by atoms with Crippen LogP contribution in [0.15, 0.2) is 0 Å². The molecular formula is C14H24N4O2S. The molecule has 1 fully saturated rings. The number of aryl methyl sites for hydroxylation is 1. The zero-order chi connectivity index (χ0) is 15.6. The van der Waals surface area contributed by atoms with Crippen LogP contribution < -0.4 is 5.32 Å². The Balaban J connectivity index is 2.25. The molecule has 0 bridgehead atoms. The van der Waals surface area contributed by atoms with Gasteiger partial charge in [-0.3, -0.25) is 10.1 Å². The maximum absolute atomic E-state index is 11.4. The molecule has 1 N–H and O–H groups in total.